The van der Waals surface area contributed by atoms with Crippen molar-refractivity contribution in [3.05, 3.63) is 74.2 Å². The van der Waals surface area contributed by atoms with Gasteiger partial charge in [-0.05, 0) is 46.4 Å². The van der Waals surface area contributed by atoms with E-state index in [1.165, 1.54) is 41.5 Å². The number of nitrogens with one attached hydrogen (secondary N) is 1. The first-order chi connectivity index (χ1) is 12.7. The molecule has 0 spiro atoms. The number of hydrogen-bond acceptors (Lipinski definition) is 3. The van der Waals surface area contributed by atoms with Gasteiger partial charge in [-0.2, -0.15) is 18.3 Å². The van der Waals surface area contributed by atoms with Gasteiger partial charge in [-0.3, -0.25) is 14.5 Å². The van der Waals surface area contributed by atoms with Crippen LogP contribution < -0.4 is 5.32 Å². The summed E-state index contributed by atoms with van der Waals surface area (Å²) in [5, 5.41) is 6.84. The van der Waals surface area contributed by atoms with Crippen molar-refractivity contribution in [1.29, 1.82) is 0 Å². The number of nitrogens with zero attached hydrogens (tertiary/aromatic N) is 3. The van der Waals surface area contributed by atoms with Gasteiger partial charge in [-0.1, -0.05) is 17.7 Å². The van der Waals surface area contributed by atoms with Crippen LogP contribution in [0.3, 0.4) is 0 Å². The molecule has 0 unspecified atom stereocenters. The summed E-state index contributed by atoms with van der Waals surface area (Å²) >= 11 is 7.75. The van der Waals surface area contributed by atoms with Crippen LogP contribution >= 0.6 is 34.2 Å². The Balaban J connectivity index is 1.78. The molecule has 0 aliphatic heterocycles. The van der Waals surface area contributed by atoms with E-state index in [-0.39, 0.29) is 28.5 Å². The van der Waals surface area contributed by atoms with E-state index in [0.717, 1.165) is 6.07 Å². The minimum absolute atomic E-state index is 0.0843. The molecule has 2 heterocycles. The summed E-state index contributed by atoms with van der Waals surface area (Å²) in [6.07, 6.45) is -0.208. The van der Waals surface area contributed by atoms with Crippen molar-refractivity contribution in [2.24, 2.45) is 0 Å². The second-order valence-corrected chi connectivity index (χ2v) is 7.16. The van der Waals surface area contributed by atoms with Crippen molar-refractivity contribution in [3.63, 3.8) is 0 Å². The number of rotatable bonds is 4. The maximum absolute atomic E-state index is 13.2. The van der Waals surface area contributed by atoms with E-state index in [2.05, 4.69) is 15.4 Å². The Morgan fingerprint density at radius 2 is 2.04 bits per heavy atom. The largest absolute Gasteiger partial charge is 0.416 e. The van der Waals surface area contributed by atoms with Crippen molar-refractivity contribution >= 4 is 45.9 Å². The molecular formula is C17H11ClF3IN4O. The summed E-state index contributed by atoms with van der Waals surface area (Å²) in [6.45, 7) is -0.0857. The molecular weight excluding hydrogens is 496 g/mol. The van der Waals surface area contributed by atoms with Gasteiger partial charge in [0.05, 0.1) is 22.7 Å². The van der Waals surface area contributed by atoms with Crippen molar-refractivity contribution in [3.8, 4) is 0 Å². The zero-order valence-electron chi connectivity index (χ0n) is 13.5. The number of aromatic nitrogens is 3. The summed E-state index contributed by atoms with van der Waals surface area (Å²) in [6, 6.07) is 7.06. The highest BCUT2D eigenvalue weighted by Gasteiger charge is 2.33. The number of benzene rings is 1. The van der Waals surface area contributed by atoms with Crippen LogP contribution in [-0.2, 0) is 12.7 Å². The van der Waals surface area contributed by atoms with Crippen LogP contribution in [0.4, 0.5) is 19.0 Å². The third kappa shape index (κ3) is 4.78. The summed E-state index contributed by atoms with van der Waals surface area (Å²) in [5.41, 5.74) is -0.404. The topological polar surface area (TPSA) is 59.8 Å². The van der Waals surface area contributed by atoms with E-state index >= 15 is 0 Å². The SMILES string of the molecule is O=C(Nc1ccn(Cc2ccc(I)cc2C(F)(F)F)n1)c1ccncc1Cl. The van der Waals surface area contributed by atoms with Crippen LogP contribution in [0.1, 0.15) is 21.5 Å². The van der Waals surface area contributed by atoms with Crippen LogP contribution in [0.25, 0.3) is 0 Å². The predicted molar refractivity (Wildman–Crippen MR) is 103 cm³/mol. The third-order valence-corrected chi connectivity index (χ3v) is 4.58. The first kappa shape index (κ1) is 19.6. The van der Waals surface area contributed by atoms with Gasteiger partial charge in [0, 0.05) is 28.2 Å². The van der Waals surface area contributed by atoms with Crippen molar-refractivity contribution in [2.45, 2.75) is 12.7 Å². The fourth-order valence-corrected chi connectivity index (χ4v) is 3.08. The number of anilines is 1. The number of carbonyl (C=O) groups excluding carboxylic acids is 1. The molecule has 140 valence electrons. The fourth-order valence-electron chi connectivity index (χ4n) is 2.38. The van der Waals surface area contributed by atoms with Gasteiger partial charge in [-0.25, -0.2) is 0 Å². The number of hydrogen-bond donors (Lipinski definition) is 1. The van der Waals surface area contributed by atoms with E-state index in [0.29, 0.717) is 3.57 Å². The monoisotopic (exact) mass is 506 g/mol. The molecule has 0 atom stereocenters. The Morgan fingerprint density at radius 1 is 1.26 bits per heavy atom. The molecule has 3 aromatic rings. The van der Waals surface area contributed by atoms with Gasteiger partial charge in [0.2, 0.25) is 0 Å². The molecule has 0 saturated heterocycles. The first-order valence-corrected chi connectivity index (χ1v) is 8.99. The summed E-state index contributed by atoms with van der Waals surface area (Å²) in [5.74, 6) is -0.287. The quantitative estimate of drug-likeness (QED) is 0.515. The Labute approximate surface area is 170 Å². The maximum Gasteiger partial charge on any atom is 0.416 e. The first-order valence-electron chi connectivity index (χ1n) is 7.54. The van der Waals surface area contributed by atoms with Gasteiger partial charge in [0.1, 0.15) is 0 Å². The number of halogens is 5. The Kier molecular flexibility index (Phi) is 5.70. The Morgan fingerprint density at radius 3 is 2.74 bits per heavy atom. The van der Waals surface area contributed by atoms with Crippen LogP contribution in [0, 0.1) is 3.57 Å². The lowest BCUT2D eigenvalue weighted by Crippen LogP contribution is -2.14. The minimum Gasteiger partial charge on any atom is -0.305 e. The van der Waals surface area contributed by atoms with Crippen molar-refractivity contribution in [1.82, 2.24) is 14.8 Å². The molecule has 1 aromatic carbocycles. The van der Waals surface area contributed by atoms with Gasteiger partial charge in [0.25, 0.3) is 5.91 Å². The molecule has 10 heteroatoms. The molecule has 0 aliphatic carbocycles. The van der Waals surface area contributed by atoms with E-state index < -0.39 is 17.6 Å². The molecule has 0 saturated carbocycles. The number of alkyl halides is 3. The minimum atomic E-state index is -4.46. The van der Waals surface area contributed by atoms with E-state index in [1.54, 1.807) is 6.07 Å². The van der Waals surface area contributed by atoms with Crippen molar-refractivity contribution in [2.75, 3.05) is 5.32 Å². The highest BCUT2D eigenvalue weighted by molar-refractivity contribution is 14.1. The molecule has 1 amide bonds. The van der Waals surface area contributed by atoms with Crippen LogP contribution in [0.5, 0.6) is 0 Å². The second kappa shape index (κ2) is 7.85. The predicted octanol–water partition coefficient (Wildman–Crippen LogP) is 4.86. The third-order valence-electron chi connectivity index (χ3n) is 3.61. The molecule has 2 aromatic heterocycles. The lowest BCUT2D eigenvalue weighted by Gasteiger charge is -2.13. The lowest BCUT2D eigenvalue weighted by molar-refractivity contribution is -0.138. The normalized spacial score (nSPS) is 11.4. The van der Waals surface area contributed by atoms with Crippen LogP contribution in [0.2, 0.25) is 5.02 Å². The van der Waals surface area contributed by atoms with E-state index in [4.69, 9.17) is 11.6 Å². The molecule has 0 radical (unpaired) electrons. The average molecular weight is 507 g/mol. The average Bonchev–Trinajstić information content (AvgIpc) is 3.03. The highest BCUT2D eigenvalue weighted by atomic mass is 127. The smallest absolute Gasteiger partial charge is 0.305 e. The zero-order chi connectivity index (χ0) is 19.6. The summed E-state index contributed by atoms with van der Waals surface area (Å²) < 4.78 is 41.5. The molecule has 3 rings (SSSR count). The molecule has 1 N–H and O–H groups in total. The maximum atomic E-state index is 13.2. The molecule has 5 nitrogen and oxygen atoms in total. The van der Waals surface area contributed by atoms with Gasteiger partial charge < -0.3 is 5.32 Å². The second-order valence-electron chi connectivity index (χ2n) is 5.51. The molecule has 27 heavy (non-hydrogen) atoms. The number of amides is 1. The van der Waals surface area contributed by atoms with Gasteiger partial charge in [0.15, 0.2) is 5.82 Å². The number of carbonyl (C=O) groups is 1. The van der Waals surface area contributed by atoms with Crippen LogP contribution in [0.15, 0.2) is 48.9 Å². The lowest BCUT2D eigenvalue weighted by atomic mass is 10.1. The van der Waals surface area contributed by atoms with Crippen LogP contribution in [-0.4, -0.2) is 20.7 Å². The fraction of sp³-hybridized carbons (Fsp3) is 0.118. The highest BCUT2D eigenvalue weighted by Crippen LogP contribution is 2.33. The van der Waals surface area contributed by atoms with E-state index in [1.807, 2.05) is 22.6 Å². The molecule has 0 aliphatic rings. The summed E-state index contributed by atoms with van der Waals surface area (Å²) in [7, 11) is 0. The summed E-state index contributed by atoms with van der Waals surface area (Å²) in [4.78, 5) is 16.0. The number of pyridine rings is 1. The molecule has 0 bridgehead atoms. The van der Waals surface area contributed by atoms with E-state index in [9.17, 15) is 18.0 Å². The molecule has 0 fully saturated rings. The van der Waals surface area contributed by atoms with Crippen molar-refractivity contribution < 1.29 is 18.0 Å². The Hall–Kier alpha value is -2.14. The Bertz CT molecular complexity index is 990. The van der Waals surface area contributed by atoms with Gasteiger partial charge in [-0.15, -0.1) is 0 Å². The van der Waals surface area contributed by atoms with Gasteiger partial charge >= 0.3 is 6.18 Å². The standard InChI is InChI=1S/C17H11ClF3IN4O/c18-14-8-23-5-3-12(14)16(27)24-15-4-6-26(25-15)9-10-1-2-11(22)7-13(10)17(19,20)21/h1-8H,9H2,(H,24,25,27). The zero-order valence-corrected chi connectivity index (χ0v) is 16.4.